The van der Waals surface area contributed by atoms with Gasteiger partial charge in [0.1, 0.15) is 29.8 Å². The molecule has 1 amide bonds. The summed E-state index contributed by atoms with van der Waals surface area (Å²) in [6.07, 6.45) is 0.372. The lowest BCUT2D eigenvalue weighted by Gasteiger charge is -2.34. The maximum Gasteiger partial charge on any atom is 0.530 e. The smallest absolute Gasteiger partial charge is 0.403 e. The second-order valence-corrected chi connectivity index (χ2v) is 8.94. The van der Waals surface area contributed by atoms with Crippen molar-refractivity contribution in [1.29, 1.82) is 0 Å². The van der Waals surface area contributed by atoms with E-state index in [0.717, 1.165) is 16.7 Å². The molecule has 0 aliphatic carbocycles. The number of carbonyl (C=O) groups is 1. The van der Waals surface area contributed by atoms with Crippen molar-refractivity contribution < 1.29 is 41.3 Å². The molecule has 0 bridgehead atoms. The molecule has 3 aliphatic rings. The SMILES string of the molecule is [2H]C([2H])(OP1(=O)OCc2cc(C)cc(C)c2O1)[C@]1(F)C[C@@H](O)[C@]([2H])(N2C=C(C#C)C(=O)NC2=C)O1. The Bertz CT molecular complexity index is 1250. The second kappa shape index (κ2) is 8.03. The Morgan fingerprint density at radius 2 is 2.34 bits per heavy atom. The lowest BCUT2D eigenvalue weighted by Crippen LogP contribution is -2.46. The van der Waals surface area contributed by atoms with E-state index in [2.05, 4.69) is 17.8 Å². The zero-order chi connectivity index (χ0) is 26.0. The Kier molecular flexibility index (Phi) is 4.73. The number of hydrogen-bond acceptors (Lipinski definition) is 8. The topological polar surface area (TPSA) is 107 Å². The number of terminal acetylenes is 1. The second-order valence-electron chi connectivity index (χ2n) is 7.42. The van der Waals surface area contributed by atoms with E-state index in [-0.39, 0.29) is 23.8 Å². The van der Waals surface area contributed by atoms with Crippen molar-refractivity contribution in [2.45, 2.75) is 45.0 Å². The number of ether oxygens (including phenoxy) is 1. The van der Waals surface area contributed by atoms with Crippen LogP contribution in [0.2, 0.25) is 0 Å². The Morgan fingerprint density at radius 3 is 3.06 bits per heavy atom. The van der Waals surface area contributed by atoms with Crippen LogP contribution >= 0.6 is 7.82 Å². The number of benzene rings is 1. The van der Waals surface area contributed by atoms with E-state index < -0.39 is 44.9 Å². The highest BCUT2D eigenvalue weighted by atomic mass is 31.2. The zero-order valence-corrected chi connectivity index (χ0v) is 18.1. The van der Waals surface area contributed by atoms with Gasteiger partial charge in [0.05, 0.1) is 10.7 Å². The number of amides is 1. The molecule has 0 saturated carbocycles. The Labute approximate surface area is 188 Å². The van der Waals surface area contributed by atoms with Crippen molar-refractivity contribution in [3.63, 3.8) is 0 Å². The molecule has 2 N–H and O–H groups in total. The number of aliphatic hydroxyl groups excluding tert-OH is 1. The van der Waals surface area contributed by atoms with Gasteiger partial charge in [0.15, 0.2) is 6.20 Å². The molecule has 0 aromatic heterocycles. The molecule has 1 saturated heterocycles. The molecule has 3 aliphatic heterocycles. The van der Waals surface area contributed by atoms with Crippen LogP contribution in [-0.4, -0.2) is 40.6 Å². The van der Waals surface area contributed by atoms with Crippen molar-refractivity contribution in [2.24, 2.45) is 0 Å². The first-order valence-corrected chi connectivity index (χ1v) is 10.9. The minimum atomic E-state index is -4.70. The summed E-state index contributed by atoms with van der Waals surface area (Å²) in [5.74, 6) is -2.27. The highest BCUT2D eigenvalue weighted by Crippen LogP contribution is 2.56. The molecule has 3 heterocycles. The number of nitrogens with zero attached hydrogens (tertiary/aromatic N) is 1. The maximum atomic E-state index is 15.9. The van der Waals surface area contributed by atoms with E-state index in [1.165, 1.54) is 0 Å². The molecular weight excluding hydrogens is 442 g/mol. The lowest BCUT2D eigenvalue weighted by molar-refractivity contribution is -0.184. The fourth-order valence-corrected chi connectivity index (χ4v) is 4.62. The molecule has 9 nitrogen and oxygen atoms in total. The van der Waals surface area contributed by atoms with Gasteiger partial charge >= 0.3 is 7.82 Å². The molecule has 0 radical (unpaired) electrons. The normalized spacial score (nSPS) is 36.1. The van der Waals surface area contributed by atoms with Crippen molar-refractivity contribution in [3.8, 4) is 18.1 Å². The van der Waals surface area contributed by atoms with Gasteiger partial charge < -0.3 is 24.6 Å². The fraction of sp³-hybridized carbons (Fsp3) is 0.381. The van der Waals surface area contributed by atoms with Crippen molar-refractivity contribution >= 4 is 13.7 Å². The highest BCUT2D eigenvalue weighted by molar-refractivity contribution is 7.49. The number of carbonyl (C=O) groups excluding carboxylic acids is 1. The number of aryl methyl sites for hydroxylation is 2. The third-order valence-corrected chi connectivity index (χ3v) is 6.01. The Balaban J connectivity index is 1.61. The van der Waals surface area contributed by atoms with Gasteiger partial charge in [0.2, 0.25) is 5.85 Å². The molecule has 1 unspecified atom stereocenters. The van der Waals surface area contributed by atoms with Gasteiger partial charge in [0, 0.05) is 18.2 Å². The van der Waals surface area contributed by atoms with Gasteiger partial charge in [-0.25, -0.2) is 8.96 Å². The molecule has 4 atom stereocenters. The van der Waals surface area contributed by atoms with Crippen LogP contribution in [0, 0.1) is 26.2 Å². The first kappa shape index (κ1) is 18.9. The number of nitrogens with one attached hydrogen (secondary N) is 1. The van der Waals surface area contributed by atoms with Crippen LogP contribution in [0.3, 0.4) is 0 Å². The number of aliphatic hydroxyl groups is 1. The van der Waals surface area contributed by atoms with Gasteiger partial charge in [-0.2, -0.15) is 0 Å². The van der Waals surface area contributed by atoms with Crippen LogP contribution < -0.4 is 9.84 Å². The van der Waals surface area contributed by atoms with Crippen LogP contribution in [0.15, 0.2) is 36.3 Å². The molecular formula is C21H22FN2O7P. The summed E-state index contributed by atoms with van der Waals surface area (Å²) in [7, 11) is -4.70. The maximum absolute atomic E-state index is 15.9. The fourth-order valence-electron chi connectivity index (χ4n) is 3.44. The predicted molar refractivity (Wildman–Crippen MR) is 110 cm³/mol. The number of hydrogen-bond donors (Lipinski definition) is 2. The number of rotatable bonds is 4. The summed E-state index contributed by atoms with van der Waals surface area (Å²) in [4.78, 5) is 12.6. The minimum absolute atomic E-state index is 0.156. The van der Waals surface area contributed by atoms with Gasteiger partial charge in [-0.15, -0.1) is 6.42 Å². The molecule has 170 valence electrons. The van der Waals surface area contributed by atoms with Crippen LogP contribution in [0.5, 0.6) is 5.75 Å². The summed E-state index contributed by atoms with van der Waals surface area (Å²) < 4.78 is 74.3. The molecule has 1 aromatic rings. The molecule has 4 rings (SSSR count). The summed E-state index contributed by atoms with van der Waals surface area (Å²) in [6.45, 7) is 3.27. The highest BCUT2D eigenvalue weighted by Gasteiger charge is 2.51. The molecule has 1 aromatic carbocycles. The number of alkyl halides is 1. The Morgan fingerprint density at radius 1 is 1.59 bits per heavy atom. The zero-order valence-electron chi connectivity index (χ0n) is 20.2. The summed E-state index contributed by atoms with van der Waals surface area (Å²) >= 11 is 0. The quantitative estimate of drug-likeness (QED) is 0.514. The first-order valence-electron chi connectivity index (χ1n) is 10.9. The lowest BCUT2D eigenvalue weighted by atomic mass is 10.1. The molecule has 1 fully saturated rings. The number of halogens is 1. The molecule has 0 spiro atoms. The third kappa shape index (κ3) is 4.18. The van der Waals surface area contributed by atoms with Crippen LogP contribution in [0.25, 0.3) is 0 Å². The van der Waals surface area contributed by atoms with E-state index in [1.807, 2.05) is 6.92 Å². The van der Waals surface area contributed by atoms with E-state index in [9.17, 15) is 14.5 Å². The predicted octanol–water partition coefficient (Wildman–Crippen LogP) is 2.53. The minimum Gasteiger partial charge on any atom is -0.403 e. The van der Waals surface area contributed by atoms with Gasteiger partial charge in [-0.05, 0) is 19.4 Å². The monoisotopic (exact) mass is 467 g/mol. The average molecular weight is 467 g/mol. The largest absolute Gasteiger partial charge is 0.530 e. The molecule has 32 heavy (non-hydrogen) atoms. The van der Waals surface area contributed by atoms with Gasteiger partial charge in [0.25, 0.3) is 5.91 Å². The van der Waals surface area contributed by atoms with Crippen molar-refractivity contribution in [3.05, 3.63) is 53.0 Å². The third-order valence-electron chi connectivity index (χ3n) is 4.84. The van der Waals surface area contributed by atoms with E-state index in [1.54, 1.807) is 19.1 Å². The van der Waals surface area contributed by atoms with Gasteiger partial charge in [-0.1, -0.05) is 30.2 Å². The summed E-state index contributed by atoms with van der Waals surface area (Å²) in [6, 6.07) is 3.47. The van der Waals surface area contributed by atoms with Crippen molar-refractivity contribution in [2.75, 3.05) is 6.56 Å². The number of fused-ring (bicyclic) bond motifs is 1. The van der Waals surface area contributed by atoms with E-state index >= 15 is 4.39 Å². The summed E-state index contributed by atoms with van der Waals surface area (Å²) in [5, 5.41) is 12.8. The number of phosphoric ester groups is 1. The van der Waals surface area contributed by atoms with E-state index in [0.29, 0.717) is 11.1 Å². The van der Waals surface area contributed by atoms with Crippen LogP contribution in [0.4, 0.5) is 4.39 Å². The van der Waals surface area contributed by atoms with Crippen LogP contribution in [-0.2, 0) is 29.8 Å². The van der Waals surface area contributed by atoms with Gasteiger partial charge in [-0.3, -0.25) is 13.8 Å². The van der Waals surface area contributed by atoms with Crippen LogP contribution in [0.1, 0.15) is 27.2 Å². The Hall–Kier alpha value is -2.67. The summed E-state index contributed by atoms with van der Waals surface area (Å²) in [5.41, 5.74) is 1.75. The standard InChI is InChI=1S/C21H22FN2O7P/c1-5-15-9-24(14(4)23-19(15)26)20-17(25)8-21(22,30-20)11-29-32(27)28-10-16-7-12(2)6-13(3)18(16)31-32/h1,6-7,9,17,20,25H,4,8,10-11H2,2-3H3,(H,23,26)/t17-,20-,21+,32?/m1/s1/i11D2,20D. The van der Waals surface area contributed by atoms with E-state index in [4.69, 9.17) is 28.8 Å². The first-order chi connectivity index (χ1) is 16.1. The number of phosphoric acid groups is 1. The molecule has 11 heteroatoms. The van der Waals surface area contributed by atoms with Crippen molar-refractivity contribution in [1.82, 2.24) is 10.2 Å². The average Bonchev–Trinajstić information content (AvgIpc) is 2.98.